The normalized spacial score (nSPS) is 13.8. The average molecular weight is 1120 g/mol. The van der Waals surface area contributed by atoms with Crippen LogP contribution >= 0.6 is 0 Å². The zero-order valence-corrected chi connectivity index (χ0v) is 51.5. The Morgan fingerprint density at radius 3 is 1.73 bits per heavy atom. The highest BCUT2D eigenvalue weighted by Gasteiger charge is 2.49. The van der Waals surface area contributed by atoms with Crippen LogP contribution in [0.5, 0.6) is 11.5 Å². The SMILES string of the molecule is Cc1ccc2c(c1)N(c1cccc(Oc3ccc4c5c6c(ccc5n(-c5cc(C(C)(C)C)ccn5)c4c3)[Si](c3ccccc3)(c3ccccc3)c3ccccc3-6)c1)CN2c1c(-c2ccccc2)cccc1-c1cc(C(C)(C)C)cc(C(C)(C)C)c1. The predicted octanol–water partition coefficient (Wildman–Crippen LogP) is 18.1. The zero-order chi connectivity index (χ0) is 58.6. The number of hydrogen-bond acceptors (Lipinski definition) is 4. The summed E-state index contributed by atoms with van der Waals surface area (Å²) >= 11 is 0. The van der Waals surface area contributed by atoms with Crippen LogP contribution in [0.4, 0.5) is 22.7 Å². The maximum absolute atomic E-state index is 7.14. The third-order valence-corrected chi connectivity index (χ3v) is 22.8. The number of fused-ring (bicyclic) bond motifs is 8. The molecule has 418 valence electrons. The van der Waals surface area contributed by atoms with Gasteiger partial charge in [0.05, 0.1) is 28.1 Å². The number of hydrogen-bond donors (Lipinski definition) is 0. The molecule has 10 aromatic carbocycles. The number of benzene rings is 10. The van der Waals surface area contributed by atoms with Crippen LogP contribution in [0.2, 0.25) is 0 Å². The van der Waals surface area contributed by atoms with Crippen LogP contribution in [0.1, 0.15) is 84.6 Å². The zero-order valence-electron chi connectivity index (χ0n) is 50.5. The van der Waals surface area contributed by atoms with Crippen molar-refractivity contribution in [3.63, 3.8) is 0 Å². The molecule has 85 heavy (non-hydrogen) atoms. The smallest absolute Gasteiger partial charge is 0.180 e. The maximum atomic E-state index is 7.14. The van der Waals surface area contributed by atoms with Gasteiger partial charge in [0.15, 0.2) is 8.07 Å². The standard InChI is InChI=1S/C79H72N4OSi/c1-52-36-39-67-70(44-52)81(51-82(67)76-63(53-24-14-11-15-25-53)33-23-34-64(76)54-45-56(78(5,6)7)47-57(46-54)79(8,9)10)58-26-22-27-59(49-58)84-60-37-38-65-69(50-60)83(73-48-55(42-43-80-73)77(2,3)4)68-40-41-72-75(74(65)68)66-32-20-21-35-71(66)85(72,61-28-16-12-17-29-61)62-30-18-13-19-31-62/h11-50H,51H2,1-10H3. The van der Waals surface area contributed by atoms with E-state index in [4.69, 9.17) is 9.72 Å². The molecule has 0 saturated heterocycles. The van der Waals surface area contributed by atoms with E-state index in [0.717, 1.165) is 50.8 Å². The lowest BCUT2D eigenvalue weighted by molar-refractivity contribution is 0.483. The van der Waals surface area contributed by atoms with Crippen LogP contribution in [0.3, 0.4) is 0 Å². The van der Waals surface area contributed by atoms with Crippen molar-refractivity contribution in [1.29, 1.82) is 0 Å². The van der Waals surface area contributed by atoms with Crippen molar-refractivity contribution in [2.24, 2.45) is 0 Å². The first-order chi connectivity index (χ1) is 40.9. The Balaban J connectivity index is 0.907. The first-order valence-electron chi connectivity index (χ1n) is 30.0. The molecule has 5 nitrogen and oxygen atoms in total. The van der Waals surface area contributed by atoms with E-state index in [9.17, 15) is 0 Å². The average Bonchev–Trinajstić information content (AvgIpc) is 1.58. The molecule has 0 radical (unpaired) electrons. The third kappa shape index (κ3) is 9.08. The number of para-hydroxylation sites is 1. The van der Waals surface area contributed by atoms with E-state index in [1.54, 1.807) is 0 Å². The van der Waals surface area contributed by atoms with Gasteiger partial charge in [-0.2, -0.15) is 0 Å². The fourth-order valence-corrected chi connectivity index (χ4v) is 18.7. The third-order valence-electron chi connectivity index (χ3n) is 17.9. The minimum Gasteiger partial charge on any atom is -0.457 e. The molecule has 0 saturated carbocycles. The van der Waals surface area contributed by atoms with Gasteiger partial charge < -0.3 is 14.5 Å². The number of anilines is 4. The summed E-state index contributed by atoms with van der Waals surface area (Å²) in [6, 6.07) is 88.2. The number of rotatable bonds is 9. The summed E-state index contributed by atoms with van der Waals surface area (Å²) in [6.45, 7) is 23.6. The van der Waals surface area contributed by atoms with E-state index in [2.05, 4.69) is 320 Å². The fourth-order valence-electron chi connectivity index (χ4n) is 13.5. The van der Waals surface area contributed by atoms with Crippen molar-refractivity contribution in [2.45, 2.75) is 85.5 Å². The molecule has 0 aliphatic carbocycles. The summed E-state index contributed by atoms with van der Waals surface area (Å²) in [4.78, 5) is 10.2. The molecule has 2 aliphatic heterocycles. The molecule has 6 heteroatoms. The molecule has 4 heterocycles. The van der Waals surface area contributed by atoms with E-state index < -0.39 is 8.07 Å². The van der Waals surface area contributed by atoms with Crippen LogP contribution in [0, 0.1) is 6.92 Å². The molecule has 0 atom stereocenters. The van der Waals surface area contributed by atoms with Crippen molar-refractivity contribution >= 4 is 73.4 Å². The highest BCUT2D eigenvalue weighted by atomic mass is 28.3. The number of ether oxygens (including phenoxy) is 1. The van der Waals surface area contributed by atoms with Crippen molar-refractivity contribution in [1.82, 2.24) is 9.55 Å². The van der Waals surface area contributed by atoms with Gasteiger partial charge in [-0.05, 0) is 143 Å². The van der Waals surface area contributed by atoms with Gasteiger partial charge >= 0.3 is 0 Å². The van der Waals surface area contributed by atoms with Crippen LogP contribution < -0.4 is 35.3 Å². The number of aromatic nitrogens is 2. The summed E-state index contributed by atoms with van der Waals surface area (Å²) in [5.41, 5.74) is 19.1. The molecular weight excluding hydrogens is 1050 g/mol. The largest absolute Gasteiger partial charge is 0.457 e. The molecule has 0 N–H and O–H groups in total. The van der Waals surface area contributed by atoms with Crippen molar-refractivity contribution < 1.29 is 4.74 Å². The van der Waals surface area contributed by atoms with Gasteiger partial charge in [0.2, 0.25) is 0 Å². The molecule has 0 amide bonds. The van der Waals surface area contributed by atoms with Gasteiger partial charge in [0.1, 0.15) is 24.0 Å². The lowest BCUT2D eigenvalue weighted by atomic mass is 9.78. The van der Waals surface area contributed by atoms with E-state index in [-0.39, 0.29) is 16.2 Å². The minimum atomic E-state index is -2.77. The van der Waals surface area contributed by atoms with Crippen molar-refractivity contribution in [3.8, 4) is 50.7 Å². The summed E-state index contributed by atoms with van der Waals surface area (Å²) in [6.07, 6.45) is 1.97. The van der Waals surface area contributed by atoms with Gasteiger partial charge in [-0.25, -0.2) is 4.98 Å². The molecule has 0 bridgehead atoms. The second-order valence-corrected chi connectivity index (χ2v) is 30.3. The second kappa shape index (κ2) is 20.2. The van der Waals surface area contributed by atoms with Gasteiger partial charge in [-0.15, -0.1) is 0 Å². The van der Waals surface area contributed by atoms with Crippen LogP contribution in [-0.2, 0) is 16.2 Å². The molecule has 0 unspecified atom stereocenters. The Kier molecular flexibility index (Phi) is 12.8. The Morgan fingerprint density at radius 2 is 1.05 bits per heavy atom. The number of aryl methyl sites for hydroxylation is 1. The van der Waals surface area contributed by atoms with E-state index in [1.807, 2.05) is 6.20 Å². The van der Waals surface area contributed by atoms with E-state index >= 15 is 0 Å². The summed E-state index contributed by atoms with van der Waals surface area (Å²) < 4.78 is 9.51. The Bertz CT molecular complexity index is 4490. The minimum absolute atomic E-state index is 0.0397. The molecule has 12 aromatic rings. The predicted molar refractivity (Wildman–Crippen MR) is 361 cm³/mol. The maximum Gasteiger partial charge on any atom is 0.180 e. The molecule has 0 fully saturated rings. The Hall–Kier alpha value is -9.23. The lowest BCUT2D eigenvalue weighted by Gasteiger charge is -2.31. The van der Waals surface area contributed by atoms with Crippen molar-refractivity contribution in [3.05, 3.63) is 265 Å². The summed E-state index contributed by atoms with van der Waals surface area (Å²) in [5, 5.41) is 7.99. The first kappa shape index (κ1) is 53.8. The van der Waals surface area contributed by atoms with Gasteiger partial charge in [-0.1, -0.05) is 232 Å². The van der Waals surface area contributed by atoms with Crippen LogP contribution in [0.15, 0.2) is 243 Å². The van der Waals surface area contributed by atoms with Crippen molar-refractivity contribution in [2.75, 3.05) is 16.5 Å². The molecule has 0 spiro atoms. The lowest BCUT2D eigenvalue weighted by Crippen LogP contribution is -2.72. The van der Waals surface area contributed by atoms with Gasteiger partial charge in [-0.3, -0.25) is 4.57 Å². The van der Waals surface area contributed by atoms with E-state index in [0.29, 0.717) is 6.67 Å². The first-order valence-corrected chi connectivity index (χ1v) is 32.0. The van der Waals surface area contributed by atoms with Crippen LogP contribution in [-0.4, -0.2) is 24.3 Å². The Labute approximate surface area is 502 Å². The summed E-state index contributed by atoms with van der Waals surface area (Å²) in [7, 11) is -2.77. The van der Waals surface area contributed by atoms with E-state index in [1.165, 1.54) is 87.5 Å². The van der Waals surface area contributed by atoms with Crippen LogP contribution in [0.25, 0.3) is 61.0 Å². The highest BCUT2D eigenvalue weighted by molar-refractivity contribution is 7.22. The molecule has 2 aromatic heterocycles. The topological polar surface area (TPSA) is 33.5 Å². The quantitative estimate of drug-likeness (QED) is 0.135. The van der Waals surface area contributed by atoms with Gasteiger partial charge in [0, 0.05) is 45.9 Å². The number of nitrogens with zero attached hydrogens (tertiary/aromatic N) is 4. The fraction of sp³-hybridized carbons (Fsp3) is 0.177. The monoisotopic (exact) mass is 1120 g/mol. The molecular formula is C79H72N4OSi. The molecule has 2 aliphatic rings. The Morgan fingerprint density at radius 1 is 0.435 bits per heavy atom. The second-order valence-electron chi connectivity index (χ2n) is 26.5. The summed E-state index contributed by atoms with van der Waals surface area (Å²) in [5.74, 6) is 2.40. The number of pyridine rings is 1. The highest BCUT2D eigenvalue weighted by Crippen LogP contribution is 2.52. The molecule has 14 rings (SSSR count). The van der Waals surface area contributed by atoms with Gasteiger partial charge in [0.25, 0.3) is 0 Å².